The maximum atomic E-state index is 12.8. The molecule has 22 heavy (non-hydrogen) atoms. The summed E-state index contributed by atoms with van der Waals surface area (Å²) in [6.07, 6.45) is 0.134. The van der Waals surface area contributed by atoms with Gasteiger partial charge in [-0.25, -0.2) is 4.39 Å². The van der Waals surface area contributed by atoms with Crippen LogP contribution in [0.4, 0.5) is 10.1 Å². The van der Waals surface area contributed by atoms with Crippen molar-refractivity contribution >= 4 is 17.4 Å². The van der Waals surface area contributed by atoms with Gasteiger partial charge in [-0.2, -0.15) is 0 Å². The number of rotatable bonds is 6. The topological polar surface area (TPSA) is 55.4 Å². The summed E-state index contributed by atoms with van der Waals surface area (Å²) >= 11 is 0. The molecule has 0 saturated heterocycles. The molecule has 0 saturated carbocycles. The summed E-state index contributed by atoms with van der Waals surface area (Å²) in [5.74, 6) is -0.211. The van der Waals surface area contributed by atoms with Crippen molar-refractivity contribution in [2.24, 2.45) is 0 Å². The maximum Gasteiger partial charge on any atom is 0.224 e. The van der Waals surface area contributed by atoms with Crippen LogP contribution in [-0.4, -0.2) is 18.8 Å². The van der Waals surface area contributed by atoms with Crippen LogP contribution >= 0.6 is 0 Å². The summed E-state index contributed by atoms with van der Waals surface area (Å²) in [5, 5.41) is 2.70. The monoisotopic (exact) mass is 301 g/mol. The molecule has 114 valence electrons. The molecule has 0 unspecified atom stereocenters. The Morgan fingerprint density at radius 1 is 1.09 bits per heavy atom. The average molecular weight is 301 g/mol. The zero-order chi connectivity index (χ0) is 15.9. The van der Waals surface area contributed by atoms with Gasteiger partial charge >= 0.3 is 0 Å². The molecule has 0 bridgehead atoms. The molecule has 1 N–H and O–H groups in total. The minimum absolute atomic E-state index is 0.0629. The highest BCUT2D eigenvalue weighted by Gasteiger charge is 2.10. The molecule has 2 rings (SSSR count). The first-order valence-electron chi connectivity index (χ1n) is 6.81. The van der Waals surface area contributed by atoms with Gasteiger partial charge in [-0.15, -0.1) is 0 Å². The van der Waals surface area contributed by atoms with E-state index >= 15 is 0 Å². The lowest BCUT2D eigenvalue weighted by atomic mass is 10.1. The van der Waals surface area contributed by atoms with Crippen molar-refractivity contribution < 1.29 is 18.7 Å². The van der Waals surface area contributed by atoms with E-state index in [1.165, 1.54) is 24.3 Å². The smallest absolute Gasteiger partial charge is 0.224 e. The van der Waals surface area contributed by atoms with Gasteiger partial charge in [0.2, 0.25) is 5.91 Å². The molecule has 0 aromatic heterocycles. The molecular weight excluding hydrogens is 285 g/mol. The van der Waals surface area contributed by atoms with Crippen molar-refractivity contribution in [3.8, 4) is 5.75 Å². The lowest BCUT2D eigenvalue weighted by molar-refractivity contribution is -0.116. The lowest BCUT2D eigenvalue weighted by Gasteiger charge is -2.07. The van der Waals surface area contributed by atoms with Crippen LogP contribution < -0.4 is 10.1 Å². The van der Waals surface area contributed by atoms with E-state index in [2.05, 4.69) is 5.32 Å². The van der Waals surface area contributed by atoms with Gasteiger partial charge in [0.15, 0.2) is 5.78 Å². The summed E-state index contributed by atoms with van der Waals surface area (Å²) < 4.78 is 17.8. The fourth-order valence-corrected chi connectivity index (χ4v) is 1.93. The molecule has 2 aromatic carbocycles. The average Bonchev–Trinajstić information content (AvgIpc) is 2.53. The summed E-state index contributed by atoms with van der Waals surface area (Å²) in [5.41, 5.74) is 1.01. The van der Waals surface area contributed by atoms with Crippen LogP contribution in [0.2, 0.25) is 0 Å². The normalized spacial score (nSPS) is 10.1. The first-order valence-corrected chi connectivity index (χ1v) is 6.81. The van der Waals surface area contributed by atoms with Gasteiger partial charge in [0, 0.05) is 30.2 Å². The number of nitrogens with one attached hydrogen (secondary N) is 1. The minimum atomic E-state index is -0.396. The third kappa shape index (κ3) is 4.41. The predicted molar refractivity (Wildman–Crippen MR) is 81.6 cm³/mol. The third-order valence-corrected chi connectivity index (χ3v) is 3.10. The summed E-state index contributed by atoms with van der Waals surface area (Å²) in [6, 6.07) is 12.2. The second-order valence-electron chi connectivity index (χ2n) is 4.71. The molecule has 0 heterocycles. The Hall–Kier alpha value is -2.69. The van der Waals surface area contributed by atoms with E-state index in [-0.39, 0.29) is 24.5 Å². The van der Waals surface area contributed by atoms with Crippen LogP contribution in [0.15, 0.2) is 48.5 Å². The zero-order valence-corrected chi connectivity index (χ0v) is 12.1. The fraction of sp³-hybridized carbons (Fsp3) is 0.176. The zero-order valence-electron chi connectivity index (χ0n) is 12.1. The van der Waals surface area contributed by atoms with E-state index in [1.807, 2.05) is 0 Å². The van der Waals surface area contributed by atoms with Gasteiger partial charge in [-0.3, -0.25) is 9.59 Å². The van der Waals surface area contributed by atoms with Crippen molar-refractivity contribution in [2.45, 2.75) is 12.8 Å². The van der Waals surface area contributed by atoms with Crippen LogP contribution in [0.25, 0.3) is 0 Å². The largest absolute Gasteiger partial charge is 0.497 e. The van der Waals surface area contributed by atoms with Gasteiger partial charge in [0.1, 0.15) is 11.6 Å². The van der Waals surface area contributed by atoms with Gasteiger partial charge in [-0.05, 0) is 36.4 Å². The lowest BCUT2D eigenvalue weighted by Crippen LogP contribution is -2.13. The summed E-state index contributed by atoms with van der Waals surface area (Å²) in [7, 11) is 1.54. The number of benzene rings is 2. The molecule has 0 radical (unpaired) electrons. The number of hydrogen-bond acceptors (Lipinski definition) is 3. The molecule has 5 heteroatoms. The molecule has 0 aliphatic rings. The van der Waals surface area contributed by atoms with Crippen molar-refractivity contribution in [1.82, 2.24) is 0 Å². The van der Waals surface area contributed by atoms with Crippen molar-refractivity contribution in [3.05, 3.63) is 59.9 Å². The Morgan fingerprint density at radius 2 is 1.82 bits per heavy atom. The molecule has 0 aliphatic heterocycles. The number of carbonyl (C=O) groups is 2. The number of Topliss-reactive ketones (excluding diaryl/α,β-unsaturated/α-hetero) is 1. The van der Waals surface area contributed by atoms with Gasteiger partial charge in [0.05, 0.1) is 7.11 Å². The number of anilines is 1. The van der Waals surface area contributed by atoms with Gasteiger partial charge in [0.25, 0.3) is 0 Å². The van der Waals surface area contributed by atoms with E-state index in [4.69, 9.17) is 4.74 Å². The van der Waals surface area contributed by atoms with E-state index in [0.29, 0.717) is 17.0 Å². The predicted octanol–water partition coefficient (Wildman–Crippen LogP) is 3.44. The second-order valence-corrected chi connectivity index (χ2v) is 4.71. The number of halogens is 1. The Balaban J connectivity index is 1.87. The van der Waals surface area contributed by atoms with Crippen molar-refractivity contribution in [2.75, 3.05) is 12.4 Å². The molecule has 0 spiro atoms. The quantitative estimate of drug-likeness (QED) is 0.832. The molecule has 0 atom stereocenters. The summed E-state index contributed by atoms with van der Waals surface area (Å²) in [4.78, 5) is 23.7. The molecule has 4 nitrogen and oxygen atoms in total. The number of methoxy groups -OCH3 is 1. The highest BCUT2D eigenvalue weighted by atomic mass is 19.1. The second kappa shape index (κ2) is 7.36. The number of ketones is 1. The Bertz CT molecular complexity index is 668. The van der Waals surface area contributed by atoms with Gasteiger partial charge < -0.3 is 10.1 Å². The van der Waals surface area contributed by atoms with Gasteiger partial charge in [-0.1, -0.05) is 6.07 Å². The number of amides is 1. The van der Waals surface area contributed by atoms with Crippen LogP contribution in [0.3, 0.4) is 0 Å². The van der Waals surface area contributed by atoms with E-state index < -0.39 is 5.82 Å². The molecule has 2 aromatic rings. The van der Waals surface area contributed by atoms with Crippen LogP contribution in [0.5, 0.6) is 5.75 Å². The standard InChI is InChI=1S/C17H16FNO3/c1-22-15-4-2-3-14(11-15)19-17(21)10-9-16(20)12-5-7-13(18)8-6-12/h2-8,11H,9-10H2,1H3,(H,19,21). The van der Waals surface area contributed by atoms with Crippen LogP contribution in [-0.2, 0) is 4.79 Å². The maximum absolute atomic E-state index is 12.8. The van der Waals surface area contributed by atoms with E-state index in [1.54, 1.807) is 31.4 Å². The molecule has 0 aliphatic carbocycles. The summed E-state index contributed by atoms with van der Waals surface area (Å²) in [6.45, 7) is 0. The van der Waals surface area contributed by atoms with Crippen LogP contribution in [0.1, 0.15) is 23.2 Å². The minimum Gasteiger partial charge on any atom is -0.497 e. The Morgan fingerprint density at radius 3 is 2.50 bits per heavy atom. The van der Waals surface area contributed by atoms with Crippen molar-refractivity contribution in [3.63, 3.8) is 0 Å². The van der Waals surface area contributed by atoms with E-state index in [9.17, 15) is 14.0 Å². The van der Waals surface area contributed by atoms with Crippen LogP contribution in [0, 0.1) is 5.82 Å². The number of ether oxygens (including phenoxy) is 1. The highest BCUT2D eigenvalue weighted by Crippen LogP contribution is 2.17. The Kier molecular flexibility index (Phi) is 5.25. The first-order chi connectivity index (χ1) is 10.6. The first kappa shape index (κ1) is 15.7. The SMILES string of the molecule is COc1cccc(NC(=O)CCC(=O)c2ccc(F)cc2)c1. The third-order valence-electron chi connectivity index (χ3n) is 3.10. The van der Waals surface area contributed by atoms with E-state index in [0.717, 1.165) is 0 Å². The van der Waals surface area contributed by atoms with Crippen molar-refractivity contribution in [1.29, 1.82) is 0 Å². The fourth-order valence-electron chi connectivity index (χ4n) is 1.93. The number of hydrogen-bond donors (Lipinski definition) is 1. The number of carbonyl (C=O) groups excluding carboxylic acids is 2. The molecule has 0 fully saturated rings. The highest BCUT2D eigenvalue weighted by molar-refractivity contribution is 6.00. The molecule has 1 amide bonds. The molecular formula is C17H16FNO3. The Labute approximate surface area is 127 Å².